The van der Waals surface area contributed by atoms with E-state index in [0.29, 0.717) is 42.8 Å². The maximum Gasteiger partial charge on any atom is 0.257 e. The van der Waals surface area contributed by atoms with Gasteiger partial charge in [-0.2, -0.15) is 5.10 Å². The van der Waals surface area contributed by atoms with Gasteiger partial charge >= 0.3 is 0 Å². The molecule has 0 bridgehead atoms. The molecule has 1 atom stereocenters. The summed E-state index contributed by atoms with van der Waals surface area (Å²) in [6, 6.07) is 5.88. The molecule has 0 spiro atoms. The highest BCUT2D eigenvalue weighted by Gasteiger charge is 2.33. The normalized spacial score (nSPS) is 24.8. The number of nitrogens with two attached hydrogens (primary N) is 1. The zero-order valence-electron chi connectivity index (χ0n) is 23.8. The number of nitrogens with one attached hydrogen (secondary N) is 2. The zero-order valence-corrected chi connectivity index (χ0v) is 23.8. The van der Waals surface area contributed by atoms with Gasteiger partial charge in [0.2, 0.25) is 0 Å². The van der Waals surface area contributed by atoms with Gasteiger partial charge in [0.1, 0.15) is 12.7 Å². The largest absolute Gasteiger partial charge is 0.382 e. The number of rotatable bonds is 9. The van der Waals surface area contributed by atoms with Crippen molar-refractivity contribution in [3.63, 3.8) is 0 Å². The summed E-state index contributed by atoms with van der Waals surface area (Å²) in [5.41, 5.74) is 10.2. The van der Waals surface area contributed by atoms with Crippen molar-refractivity contribution in [1.82, 2.24) is 40.3 Å². The molecule has 1 saturated carbocycles. The van der Waals surface area contributed by atoms with E-state index in [1.54, 1.807) is 12.3 Å². The molecule has 3 aliphatic rings. The lowest BCUT2D eigenvalue weighted by Gasteiger charge is -2.35. The van der Waals surface area contributed by atoms with E-state index < -0.39 is 24.8 Å². The van der Waals surface area contributed by atoms with E-state index in [1.807, 2.05) is 24.5 Å². The van der Waals surface area contributed by atoms with Crippen molar-refractivity contribution in [2.75, 3.05) is 26.3 Å². The van der Waals surface area contributed by atoms with Gasteiger partial charge in [0.15, 0.2) is 11.5 Å². The molecule has 228 valence electrons. The number of morpholine rings is 1. The summed E-state index contributed by atoms with van der Waals surface area (Å²) in [5.74, 6) is 0.320. The lowest BCUT2D eigenvalue weighted by Crippen LogP contribution is -2.50. The predicted octanol–water partition coefficient (Wildman–Crippen LogP) is 3.34. The number of halogens is 3. The van der Waals surface area contributed by atoms with Crippen LogP contribution in [-0.2, 0) is 23.5 Å². The minimum atomic E-state index is -2.52. The summed E-state index contributed by atoms with van der Waals surface area (Å²) < 4.78 is 46.2. The molecule has 1 saturated heterocycles. The van der Waals surface area contributed by atoms with E-state index in [1.165, 1.54) is 12.4 Å². The van der Waals surface area contributed by atoms with Gasteiger partial charge in [-0.25, -0.2) is 23.1 Å². The fourth-order valence-corrected chi connectivity index (χ4v) is 5.66. The molecule has 5 heterocycles. The minimum absolute atomic E-state index is 0.0891. The van der Waals surface area contributed by atoms with Crippen LogP contribution >= 0.6 is 0 Å². The van der Waals surface area contributed by atoms with Gasteiger partial charge in [-0.15, -0.1) is 0 Å². The Kier molecular flexibility index (Phi) is 8.73. The quantitative estimate of drug-likeness (QED) is 0.342. The average molecular weight is 596 g/mol. The Morgan fingerprint density at radius 2 is 1.91 bits per heavy atom. The second-order valence-electron chi connectivity index (χ2n) is 11.3. The van der Waals surface area contributed by atoms with E-state index in [9.17, 15) is 13.2 Å². The monoisotopic (exact) mass is 595 g/mol. The lowest BCUT2D eigenvalue weighted by molar-refractivity contribution is 0.0341. The molecule has 13 heteroatoms. The first-order valence-corrected chi connectivity index (χ1v) is 14.6. The van der Waals surface area contributed by atoms with E-state index in [4.69, 9.17) is 15.5 Å². The Balaban J connectivity index is 1.26. The van der Waals surface area contributed by atoms with Crippen LogP contribution in [0.25, 0.3) is 17.0 Å². The van der Waals surface area contributed by atoms with Crippen LogP contribution in [0.1, 0.15) is 42.6 Å². The molecule has 10 nitrogen and oxygen atoms in total. The van der Waals surface area contributed by atoms with E-state index in [2.05, 4.69) is 36.7 Å². The highest BCUT2D eigenvalue weighted by molar-refractivity contribution is 5.78. The second kappa shape index (κ2) is 12.8. The van der Waals surface area contributed by atoms with Gasteiger partial charge in [-0.1, -0.05) is 6.07 Å². The number of pyridine rings is 1. The molecule has 4 N–H and O–H groups in total. The van der Waals surface area contributed by atoms with Gasteiger partial charge in [-0.3, -0.25) is 14.6 Å². The Bertz CT molecular complexity index is 1450. The predicted molar refractivity (Wildman–Crippen MR) is 155 cm³/mol. The molecule has 3 aromatic rings. The summed E-state index contributed by atoms with van der Waals surface area (Å²) in [6.07, 6.45) is 9.27. The fourth-order valence-electron chi connectivity index (χ4n) is 5.66. The molecular formula is C30H36F3N9O. The van der Waals surface area contributed by atoms with Gasteiger partial charge in [0, 0.05) is 61.7 Å². The van der Waals surface area contributed by atoms with Crippen molar-refractivity contribution >= 4 is 5.57 Å². The number of alkyl halides is 3. The summed E-state index contributed by atoms with van der Waals surface area (Å²) >= 11 is 0. The summed E-state index contributed by atoms with van der Waals surface area (Å²) in [7, 11) is 0. The lowest BCUT2D eigenvalue weighted by atomic mass is 9.91. The minimum Gasteiger partial charge on any atom is -0.382 e. The third-order valence-corrected chi connectivity index (χ3v) is 8.04. The summed E-state index contributed by atoms with van der Waals surface area (Å²) in [6.45, 7) is 3.58. The van der Waals surface area contributed by atoms with Crippen molar-refractivity contribution in [2.45, 2.75) is 63.1 Å². The summed E-state index contributed by atoms with van der Waals surface area (Å²) in [4.78, 5) is 16.1. The van der Waals surface area contributed by atoms with E-state index in [0.717, 1.165) is 60.1 Å². The maximum atomic E-state index is 13.9. The van der Waals surface area contributed by atoms with Crippen LogP contribution < -0.4 is 16.4 Å². The Hall–Kier alpha value is -3.81. The van der Waals surface area contributed by atoms with Crippen LogP contribution in [0.2, 0.25) is 0 Å². The van der Waals surface area contributed by atoms with Gasteiger partial charge in [0.25, 0.3) is 6.43 Å². The Morgan fingerprint density at radius 1 is 1.09 bits per heavy atom. The van der Waals surface area contributed by atoms with Crippen LogP contribution in [0.5, 0.6) is 0 Å². The highest BCUT2D eigenvalue weighted by Crippen LogP contribution is 2.31. The smallest absolute Gasteiger partial charge is 0.257 e. The molecule has 3 aromatic heterocycles. The Labute approximate surface area is 248 Å². The second-order valence-corrected chi connectivity index (χ2v) is 11.3. The standard InChI is InChI=1S/C30H36F3N9O/c31-22-2-4-23(5-3-22)39-26-13-30(34,27-7-8-35-29(40-27)21-15-38-42(18-21)19-28(32)33)37-16-24(26)25-6-1-20(14-36-25)17-41-9-11-43-12-10-41/h1,6-8,13-16,18,22-23,28,37,39H,2-5,9-12,17,19,34H2. The van der Waals surface area contributed by atoms with Gasteiger partial charge < -0.3 is 21.1 Å². The molecule has 1 aliphatic carbocycles. The first-order valence-electron chi connectivity index (χ1n) is 14.6. The van der Waals surface area contributed by atoms with Gasteiger partial charge in [-0.05, 0) is 49.5 Å². The molecule has 0 aromatic carbocycles. The number of ether oxygens (including phenoxy) is 1. The van der Waals surface area contributed by atoms with Crippen LogP contribution in [-0.4, -0.2) is 74.6 Å². The van der Waals surface area contributed by atoms with Crippen LogP contribution in [0.15, 0.2) is 61.0 Å². The number of aromatic nitrogens is 5. The molecule has 0 radical (unpaired) electrons. The van der Waals surface area contributed by atoms with Crippen molar-refractivity contribution < 1.29 is 17.9 Å². The molecule has 1 unspecified atom stereocenters. The molecule has 6 rings (SSSR count). The van der Waals surface area contributed by atoms with E-state index in [-0.39, 0.29) is 6.04 Å². The topological polar surface area (TPSA) is 119 Å². The van der Waals surface area contributed by atoms with E-state index >= 15 is 0 Å². The average Bonchev–Trinajstić information content (AvgIpc) is 3.48. The number of hydrogen-bond acceptors (Lipinski definition) is 9. The molecule has 2 fully saturated rings. The fraction of sp³-hybridized carbons (Fsp3) is 0.467. The van der Waals surface area contributed by atoms with Crippen molar-refractivity contribution in [1.29, 1.82) is 0 Å². The number of allylic oxidation sites excluding steroid dienone is 1. The summed E-state index contributed by atoms with van der Waals surface area (Å²) in [5, 5.41) is 10.9. The molecular weight excluding hydrogens is 559 g/mol. The highest BCUT2D eigenvalue weighted by atomic mass is 19.3. The molecule has 0 amide bonds. The van der Waals surface area contributed by atoms with Crippen LogP contribution in [0.4, 0.5) is 13.2 Å². The van der Waals surface area contributed by atoms with Crippen molar-refractivity contribution in [3.05, 3.63) is 77.9 Å². The SMILES string of the molecule is NC1(c2ccnc(-c3cnn(CC(F)F)c3)n2)C=C(NC2CCC(F)CC2)C(c2ccc(CN3CCOCC3)cn2)=CN1. The number of nitrogens with zero attached hydrogens (tertiary/aromatic N) is 6. The van der Waals surface area contributed by atoms with Crippen molar-refractivity contribution in [3.8, 4) is 11.4 Å². The number of dihydropyridines is 1. The first-order chi connectivity index (χ1) is 20.8. The maximum absolute atomic E-state index is 13.9. The first kappa shape index (κ1) is 29.3. The van der Waals surface area contributed by atoms with Crippen LogP contribution in [0.3, 0.4) is 0 Å². The zero-order chi connectivity index (χ0) is 29.8. The van der Waals surface area contributed by atoms with Crippen LogP contribution in [0, 0.1) is 0 Å². The molecule has 2 aliphatic heterocycles. The molecule has 43 heavy (non-hydrogen) atoms. The van der Waals surface area contributed by atoms with Gasteiger partial charge in [0.05, 0.1) is 36.4 Å². The number of hydrogen-bond donors (Lipinski definition) is 3. The Morgan fingerprint density at radius 3 is 2.65 bits per heavy atom. The third kappa shape index (κ3) is 7.06. The third-order valence-electron chi connectivity index (χ3n) is 8.04. The van der Waals surface area contributed by atoms with Crippen molar-refractivity contribution in [2.24, 2.45) is 5.73 Å².